The molecule has 2 aromatic carbocycles. The Morgan fingerprint density at radius 1 is 1.03 bits per heavy atom. The maximum atomic E-state index is 12.7. The van der Waals surface area contributed by atoms with Crippen LogP contribution in [0.4, 0.5) is 4.79 Å². The molecule has 36 heavy (non-hydrogen) atoms. The molecule has 2 aromatic rings. The number of benzene rings is 2. The van der Waals surface area contributed by atoms with Crippen LogP contribution in [0.3, 0.4) is 0 Å². The zero-order chi connectivity index (χ0) is 25.8. The first-order valence-electron chi connectivity index (χ1n) is 12.5. The maximum absolute atomic E-state index is 12.7. The number of aliphatic imine (C=N–C) groups is 1. The molecule has 0 aromatic heterocycles. The van der Waals surface area contributed by atoms with Crippen molar-refractivity contribution in [3.8, 4) is 0 Å². The van der Waals surface area contributed by atoms with Crippen LogP contribution in [0.5, 0.6) is 0 Å². The van der Waals surface area contributed by atoms with Gasteiger partial charge in [0, 0.05) is 24.9 Å². The Bertz CT molecular complexity index is 943. The van der Waals surface area contributed by atoms with E-state index in [2.05, 4.69) is 15.6 Å². The summed E-state index contributed by atoms with van der Waals surface area (Å²) in [6.45, 7) is 0.621. The normalized spacial score (nSPS) is 14.2. The monoisotopic (exact) mass is 493 g/mol. The van der Waals surface area contributed by atoms with Gasteiger partial charge in [0.15, 0.2) is 5.96 Å². The molecular formula is C26H36BN5O4. The number of nitrogens with one attached hydrogen (secondary N) is 2. The van der Waals surface area contributed by atoms with E-state index in [1.807, 2.05) is 60.7 Å². The Hall–Kier alpha value is -3.53. The molecule has 0 radical (unpaired) electrons. The summed E-state index contributed by atoms with van der Waals surface area (Å²) in [5.74, 6) is -1.09. The Balaban J connectivity index is 1.60. The molecule has 2 amide bonds. The van der Waals surface area contributed by atoms with E-state index in [1.165, 1.54) is 0 Å². The highest BCUT2D eigenvalue weighted by Gasteiger charge is 2.34. The molecule has 1 fully saturated rings. The van der Waals surface area contributed by atoms with E-state index in [1.54, 1.807) is 0 Å². The van der Waals surface area contributed by atoms with Crippen molar-refractivity contribution in [2.75, 3.05) is 13.1 Å². The lowest BCUT2D eigenvalue weighted by Crippen LogP contribution is -2.51. The summed E-state index contributed by atoms with van der Waals surface area (Å²) in [5.41, 5.74) is 12.8. The first kappa shape index (κ1) is 27.1. The number of guanidine groups is 1. The number of carbonyl (C=O) groups is 2. The van der Waals surface area contributed by atoms with Gasteiger partial charge in [-0.2, -0.15) is 0 Å². The Kier molecular flexibility index (Phi) is 10.6. The molecule has 9 nitrogen and oxygen atoms in total. The van der Waals surface area contributed by atoms with Crippen molar-refractivity contribution < 1.29 is 19.3 Å². The minimum Gasteiger partial charge on any atom is -0.491 e. The van der Waals surface area contributed by atoms with Crippen molar-refractivity contribution in [2.45, 2.75) is 50.4 Å². The molecule has 10 heteroatoms. The van der Waals surface area contributed by atoms with Crippen LogP contribution in [0.2, 0.25) is 0 Å². The molecule has 0 heterocycles. The van der Waals surface area contributed by atoms with Crippen molar-refractivity contribution in [1.82, 2.24) is 10.6 Å². The first-order valence-corrected chi connectivity index (χ1v) is 12.5. The second-order valence-electron chi connectivity index (χ2n) is 9.10. The van der Waals surface area contributed by atoms with Gasteiger partial charge in [-0.1, -0.05) is 73.5 Å². The fourth-order valence-electron chi connectivity index (χ4n) is 4.51. The van der Waals surface area contributed by atoms with Gasteiger partial charge in [-0.25, -0.2) is 4.79 Å². The van der Waals surface area contributed by atoms with E-state index in [0.717, 1.165) is 36.8 Å². The third-order valence-electron chi connectivity index (χ3n) is 6.45. The number of carbonyl (C=O) groups excluding carboxylic acids is 2. The quantitative estimate of drug-likeness (QED) is 0.132. The Labute approximate surface area is 212 Å². The van der Waals surface area contributed by atoms with Crippen LogP contribution in [0.1, 0.15) is 55.6 Å². The van der Waals surface area contributed by atoms with Crippen LogP contribution in [0.25, 0.3) is 0 Å². The molecular weight excluding hydrogens is 457 g/mol. The number of hydrogen-bond acceptors (Lipinski definition) is 5. The minimum atomic E-state index is -1.51. The molecule has 3 rings (SSSR count). The molecule has 1 saturated carbocycles. The summed E-state index contributed by atoms with van der Waals surface area (Å²) in [7, 11) is -1.51. The fourth-order valence-corrected chi connectivity index (χ4v) is 4.51. The zero-order valence-electron chi connectivity index (χ0n) is 20.5. The van der Waals surface area contributed by atoms with Gasteiger partial charge < -0.3 is 31.8 Å². The van der Waals surface area contributed by atoms with Gasteiger partial charge in [-0.05, 0) is 36.8 Å². The summed E-state index contributed by atoms with van der Waals surface area (Å²) in [6, 6.07) is 19.7. The van der Waals surface area contributed by atoms with Crippen LogP contribution in [0.15, 0.2) is 65.7 Å². The predicted octanol–water partition coefficient (Wildman–Crippen LogP) is 2.29. The SMILES string of the molecule is NC(N)=NCCCC(NC(=O)C1CCCC1)B(O)OC(=O)NCC(c1ccccc1)c1ccccc1. The fraction of sp³-hybridized carbons (Fsp3) is 0.423. The minimum absolute atomic E-state index is 0.0240. The highest BCUT2D eigenvalue weighted by atomic mass is 16.6. The predicted molar refractivity (Wildman–Crippen MR) is 141 cm³/mol. The van der Waals surface area contributed by atoms with Crippen LogP contribution < -0.4 is 22.1 Å². The van der Waals surface area contributed by atoms with Gasteiger partial charge in [-0.15, -0.1) is 0 Å². The Morgan fingerprint density at radius 2 is 1.61 bits per heavy atom. The van der Waals surface area contributed by atoms with Crippen molar-refractivity contribution in [3.05, 3.63) is 71.8 Å². The summed E-state index contributed by atoms with van der Waals surface area (Å²) >= 11 is 0. The van der Waals surface area contributed by atoms with Crippen molar-refractivity contribution in [3.63, 3.8) is 0 Å². The van der Waals surface area contributed by atoms with Crippen LogP contribution in [-0.4, -0.2) is 49.1 Å². The maximum Gasteiger partial charge on any atom is 0.549 e. The number of nitrogens with zero attached hydrogens (tertiary/aromatic N) is 1. The lowest BCUT2D eigenvalue weighted by Gasteiger charge is -2.23. The lowest BCUT2D eigenvalue weighted by atomic mass is 9.75. The highest BCUT2D eigenvalue weighted by Crippen LogP contribution is 2.25. The molecule has 0 spiro atoms. The van der Waals surface area contributed by atoms with Gasteiger partial charge in [0.2, 0.25) is 5.91 Å². The number of amides is 2. The van der Waals surface area contributed by atoms with Crippen molar-refractivity contribution >= 4 is 25.1 Å². The molecule has 1 aliphatic carbocycles. The van der Waals surface area contributed by atoms with Gasteiger partial charge >= 0.3 is 13.2 Å². The third-order valence-corrected chi connectivity index (χ3v) is 6.45. The molecule has 7 N–H and O–H groups in total. The second kappa shape index (κ2) is 14.1. The summed E-state index contributed by atoms with van der Waals surface area (Å²) in [6.07, 6.45) is 3.76. The molecule has 0 bridgehead atoms. The van der Waals surface area contributed by atoms with Gasteiger partial charge in [0.1, 0.15) is 0 Å². The number of nitrogens with two attached hydrogens (primary N) is 2. The van der Waals surface area contributed by atoms with E-state index in [9.17, 15) is 14.6 Å². The van der Waals surface area contributed by atoms with E-state index in [-0.39, 0.29) is 30.2 Å². The van der Waals surface area contributed by atoms with Crippen molar-refractivity contribution in [2.24, 2.45) is 22.4 Å². The molecule has 0 aliphatic heterocycles. The standard InChI is InChI=1S/C26H36BN5O4/c28-25(29)30-17-9-16-23(32-24(33)21-14-7-8-15-21)27(35)36-26(34)31-18-22(19-10-3-1-4-11-19)20-12-5-2-6-13-20/h1-6,10-13,21-23,35H,7-9,14-18H2,(H,31,34)(H,32,33)(H4,28,29,30). The van der Waals surface area contributed by atoms with Gasteiger partial charge in [-0.3, -0.25) is 9.79 Å². The lowest BCUT2D eigenvalue weighted by molar-refractivity contribution is -0.125. The van der Waals surface area contributed by atoms with Crippen LogP contribution in [0, 0.1) is 5.92 Å². The molecule has 192 valence electrons. The molecule has 1 unspecified atom stereocenters. The van der Waals surface area contributed by atoms with E-state index in [4.69, 9.17) is 16.1 Å². The molecule has 1 atom stereocenters. The largest absolute Gasteiger partial charge is 0.549 e. The van der Waals surface area contributed by atoms with E-state index < -0.39 is 19.2 Å². The summed E-state index contributed by atoms with van der Waals surface area (Å²) in [5, 5.41) is 16.3. The average molecular weight is 493 g/mol. The second-order valence-corrected chi connectivity index (χ2v) is 9.10. The van der Waals surface area contributed by atoms with Gasteiger partial charge in [0.05, 0.1) is 5.94 Å². The van der Waals surface area contributed by atoms with Crippen LogP contribution >= 0.6 is 0 Å². The average Bonchev–Trinajstić information content (AvgIpc) is 3.42. The first-order chi connectivity index (χ1) is 17.4. The third kappa shape index (κ3) is 8.60. The van der Waals surface area contributed by atoms with Crippen LogP contribution in [-0.2, 0) is 9.45 Å². The zero-order valence-corrected chi connectivity index (χ0v) is 20.5. The number of hydrogen-bond donors (Lipinski definition) is 5. The van der Waals surface area contributed by atoms with Gasteiger partial charge in [0.25, 0.3) is 0 Å². The number of rotatable bonds is 12. The smallest absolute Gasteiger partial charge is 0.491 e. The highest BCUT2D eigenvalue weighted by molar-refractivity contribution is 6.47. The molecule has 0 saturated heterocycles. The summed E-state index contributed by atoms with van der Waals surface area (Å²) < 4.78 is 5.28. The topological polar surface area (TPSA) is 152 Å². The summed E-state index contributed by atoms with van der Waals surface area (Å²) in [4.78, 5) is 29.2. The van der Waals surface area contributed by atoms with E-state index >= 15 is 0 Å². The van der Waals surface area contributed by atoms with Crippen molar-refractivity contribution in [1.29, 1.82) is 0 Å². The Morgan fingerprint density at radius 3 is 2.17 bits per heavy atom. The molecule has 1 aliphatic rings. The van der Waals surface area contributed by atoms with E-state index in [0.29, 0.717) is 19.4 Å².